The maximum absolute atomic E-state index is 13.6. The van der Waals surface area contributed by atoms with Gasteiger partial charge in [0.05, 0.1) is 17.4 Å². The van der Waals surface area contributed by atoms with E-state index in [1.54, 1.807) is 6.07 Å². The molecule has 2 N–H and O–H groups in total. The van der Waals surface area contributed by atoms with Crippen LogP contribution in [0, 0.1) is 34.4 Å². The average Bonchev–Trinajstić information content (AvgIpc) is 3.33. The highest BCUT2D eigenvalue weighted by atomic mass is 127. The molecule has 0 aromatic heterocycles. The second-order valence-corrected chi connectivity index (χ2v) is 12.9. The van der Waals surface area contributed by atoms with Crippen LogP contribution in [0.3, 0.4) is 0 Å². The minimum atomic E-state index is -6.09. The Morgan fingerprint density at radius 3 is 2.47 bits per heavy atom. The molecule has 0 spiro atoms. The summed E-state index contributed by atoms with van der Waals surface area (Å²) in [5, 5.41) is 4.26. The molecule has 34 heavy (non-hydrogen) atoms. The zero-order valence-electron chi connectivity index (χ0n) is 16.4. The van der Waals surface area contributed by atoms with Crippen LogP contribution in [0.2, 0.25) is 0 Å². The highest BCUT2D eigenvalue weighted by molar-refractivity contribution is 14.1. The maximum Gasteiger partial charge on any atom is 0.430 e. The van der Waals surface area contributed by atoms with Gasteiger partial charge in [-0.1, -0.05) is 0 Å². The Labute approximate surface area is 231 Å². The lowest BCUT2D eigenvalue weighted by Crippen LogP contribution is -2.48. The number of carbonyl (C=O) groups excluding carboxylic acids is 3. The zero-order valence-corrected chi connectivity index (χ0v) is 23.7. The fourth-order valence-corrected chi connectivity index (χ4v) is 7.42. The average molecular weight is 840 g/mol. The first kappa shape index (κ1) is 26.6. The van der Waals surface area contributed by atoms with Crippen LogP contribution >= 0.6 is 67.8 Å². The molecular formula is C18H13F2I3O10S. The smallest absolute Gasteiger partial charge is 0.430 e. The molecule has 186 valence electrons. The molecule has 7 unspecified atom stereocenters. The van der Waals surface area contributed by atoms with E-state index in [-0.39, 0.29) is 12.0 Å². The van der Waals surface area contributed by atoms with Crippen molar-refractivity contribution in [2.24, 2.45) is 23.7 Å². The number of aliphatic hydroxyl groups is 1. The molecule has 2 saturated carbocycles. The van der Waals surface area contributed by atoms with Crippen LogP contribution in [-0.2, 0) is 33.9 Å². The van der Waals surface area contributed by atoms with Gasteiger partial charge in [-0.2, -0.15) is 17.2 Å². The van der Waals surface area contributed by atoms with Crippen LogP contribution in [0.4, 0.5) is 8.78 Å². The van der Waals surface area contributed by atoms with E-state index >= 15 is 0 Å². The highest BCUT2D eigenvalue weighted by Gasteiger charge is 2.70. The number of aliphatic hydroxyl groups excluding tert-OH is 1. The molecular weight excluding hydrogens is 827 g/mol. The topological polar surface area (TPSA) is 154 Å². The molecule has 10 nitrogen and oxygen atoms in total. The van der Waals surface area contributed by atoms with E-state index in [0.29, 0.717) is 3.57 Å². The zero-order chi connectivity index (χ0) is 25.3. The van der Waals surface area contributed by atoms with Crippen LogP contribution in [0.25, 0.3) is 0 Å². The third kappa shape index (κ3) is 4.32. The van der Waals surface area contributed by atoms with Crippen LogP contribution in [-0.4, -0.2) is 59.7 Å². The number of hydrogen-bond donors (Lipinski definition) is 2. The van der Waals surface area contributed by atoms with E-state index < -0.39 is 75.5 Å². The van der Waals surface area contributed by atoms with Gasteiger partial charge >= 0.3 is 33.3 Å². The van der Waals surface area contributed by atoms with E-state index in [0.717, 1.165) is 7.14 Å². The van der Waals surface area contributed by atoms with E-state index in [4.69, 9.17) is 14.0 Å². The van der Waals surface area contributed by atoms with E-state index in [1.807, 2.05) is 51.2 Å². The monoisotopic (exact) mass is 840 g/mol. The minimum Gasteiger partial charge on any atom is -0.458 e. The number of rotatable bonds is 6. The predicted molar refractivity (Wildman–Crippen MR) is 131 cm³/mol. The van der Waals surface area contributed by atoms with Gasteiger partial charge in [0.1, 0.15) is 12.2 Å². The number of halogens is 5. The number of benzene rings is 1. The van der Waals surface area contributed by atoms with Gasteiger partial charge in [-0.05, 0) is 86.3 Å². The number of ether oxygens (including phenoxy) is 3. The number of esters is 3. The standard InChI is InChI=1S/C18H13F2I3O10S/c19-18(20,34(28,29)30)17(27)33-16(26)10-6-3-5-9(10)15(25)32-13(5)12(6)31-14(24)7-1-4(21)2-8(22)11(7)23/h1-2,5-6,9-10,12-13,17,27H,3H2,(H,28,29,30). The lowest BCUT2D eigenvalue weighted by atomic mass is 9.78. The minimum absolute atomic E-state index is 0.185. The summed E-state index contributed by atoms with van der Waals surface area (Å²) in [4.78, 5) is 38.0. The van der Waals surface area contributed by atoms with Crippen LogP contribution in [0.15, 0.2) is 12.1 Å². The molecule has 16 heteroatoms. The molecule has 1 heterocycles. The van der Waals surface area contributed by atoms with Gasteiger partial charge in [-0.25, -0.2) is 4.79 Å². The van der Waals surface area contributed by atoms with Crippen molar-refractivity contribution in [3.05, 3.63) is 28.4 Å². The SMILES string of the molecule is O=C(OC1C2CC3C1OC(=O)C3C2C(=O)OC(O)C(F)(F)S(=O)(=O)O)c1cc(I)cc(I)c1I. The summed E-state index contributed by atoms with van der Waals surface area (Å²) in [7, 11) is -6.09. The molecule has 1 aromatic carbocycles. The molecule has 7 atom stereocenters. The van der Waals surface area contributed by atoms with Crippen molar-refractivity contribution in [1.29, 1.82) is 0 Å². The third-order valence-electron chi connectivity index (χ3n) is 6.13. The van der Waals surface area contributed by atoms with Crippen molar-refractivity contribution in [3.8, 4) is 0 Å². The van der Waals surface area contributed by atoms with E-state index in [1.165, 1.54) is 0 Å². The Kier molecular flexibility index (Phi) is 7.15. The molecule has 0 amide bonds. The van der Waals surface area contributed by atoms with E-state index in [2.05, 4.69) is 27.3 Å². The largest absolute Gasteiger partial charge is 0.458 e. The molecule has 4 rings (SSSR count). The van der Waals surface area contributed by atoms with Gasteiger partial charge in [-0.15, -0.1) is 0 Å². The maximum atomic E-state index is 13.6. The summed E-state index contributed by atoms with van der Waals surface area (Å²) in [5.74, 6) is -6.95. The Balaban J connectivity index is 1.57. The Hall–Kier alpha value is -0.450. The summed E-state index contributed by atoms with van der Waals surface area (Å²) in [5.41, 5.74) is 0.253. The molecule has 2 bridgehead atoms. The fraction of sp³-hybridized carbons (Fsp3) is 0.500. The second-order valence-electron chi connectivity index (χ2n) is 7.96. The van der Waals surface area contributed by atoms with Gasteiger partial charge in [0.25, 0.3) is 6.29 Å². The normalized spacial score (nSPS) is 30.7. The molecule has 3 aliphatic rings. The van der Waals surface area contributed by atoms with Gasteiger partial charge in [-0.3, -0.25) is 14.1 Å². The number of carbonyl (C=O) groups is 3. The van der Waals surface area contributed by atoms with Crippen molar-refractivity contribution >= 4 is 95.8 Å². The van der Waals surface area contributed by atoms with Crippen LogP contribution in [0.5, 0.6) is 0 Å². The van der Waals surface area contributed by atoms with Crippen molar-refractivity contribution in [3.63, 3.8) is 0 Å². The fourth-order valence-electron chi connectivity index (χ4n) is 4.74. The first-order valence-electron chi connectivity index (χ1n) is 9.44. The summed E-state index contributed by atoms with van der Waals surface area (Å²) in [6.45, 7) is 0. The Bertz CT molecular complexity index is 1190. The molecule has 0 radical (unpaired) electrons. The molecule has 1 saturated heterocycles. The third-order valence-corrected chi connectivity index (χ3v) is 10.7. The van der Waals surface area contributed by atoms with Gasteiger partial charge in [0, 0.05) is 22.5 Å². The molecule has 1 aliphatic heterocycles. The number of alkyl halides is 2. The van der Waals surface area contributed by atoms with Gasteiger partial charge in [0.2, 0.25) is 0 Å². The number of fused-ring (bicyclic) bond motifs is 1. The summed E-state index contributed by atoms with van der Waals surface area (Å²) >= 11 is 6.05. The van der Waals surface area contributed by atoms with Crippen molar-refractivity contribution in [2.45, 2.75) is 30.2 Å². The Morgan fingerprint density at radius 1 is 1.21 bits per heavy atom. The summed E-state index contributed by atoms with van der Waals surface area (Å²) < 4.78 is 74.8. The number of hydrogen-bond acceptors (Lipinski definition) is 9. The molecule has 2 aliphatic carbocycles. The quantitative estimate of drug-likeness (QED) is 0.109. The van der Waals surface area contributed by atoms with E-state index in [9.17, 15) is 36.7 Å². The van der Waals surface area contributed by atoms with Crippen molar-refractivity contribution in [2.75, 3.05) is 0 Å². The summed E-state index contributed by atoms with van der Waals surface area (Å²) in [6.07, 6.45) is -5.24. The van der Waals surface area contributed by atoms with Crippen molar-refractivity contribution < 1.29 is 55.5 Å². The Morgan fingerprint density at radius 2 is 1.85 bits per heavy atom. The second kappa shape index (κ2) is 9.14. The molecule has 1 aromatic rings. The first-order valence-corrected chi connectivity index (χ1v) is 14.1. The van der Waals surface area contributed by atoms with Crippen molar-refractivity contribution in [1.82, 2.24) is 0 Å². The van der Waals surface area contributed by atoms with Gasteiger partial charge < -0.3 is 19.3 Å². The van der Waals surface area contributed by atoms with Crippen LogP contribution < -0.4 is 0 Å². The first-order chi connectivity index (χ1) is 15.6. The lowest BCUT2D eigenvalue weighted by Gasteiger charge is -2.31. The lowest BCUT2D eigenvalue weighted by molar-refractivity contribution is -0.212. The predicted octanol–water partition coefficient (Wildman–Crippen LogP) is 2.18. The van der Waals surface area contributed by atoms with Gasteiger partial charge in [0.15, 0.2) is 0 Å². The summed E-state index contributed by atoms with van der Waals surface area (Å²) in [6, 6.07) is 3.45. The molecule has 3 fully saturated rings. The highest BCUT2D eigenvalue weighted by Crippen LogP contribution is 2.59. The van der Waals surface area contributed by atoms with Crippen LogP contribution in [0.1, 0.15) is 16.8 Å².